The molecule has 4 heteroatoms. The lowest BCUT2D eigenvalue weighted by Gasteiger charge is -2.26. The Kier molecular flexibility index (Phi) is 4.33. The summed E-state index contributed by atoms with van der Waals surface area (Å²) in [5.74, 6) is 0.0214. The van der Waals surface area contributed by atoms with Crippen molar-refractivity contribution in [3.05, 3.63) is 35.9 Å². The van der Waals surface area contributed by atoms with Crippen LogP contribution in [-0.4, -0.2) is 24.4 Å². The SMILES string of the molecule is C[C@H](O)CC(C)(C)S(=O)(=O)Cc1ccccc1. The molecule has 1 rings (SSSR count). The van der Waals surface area contributed by atoms with E-state index >= 15 is 0 Å². The zero-order valence-electron chi connectivity index (χ0n) is 10.6. The van der Waals surface area contributed by atoms with Crippen LogP contribution in [0.1, 0.15) is 32.8 Å². The van der Waals surface area contributed by atoms with Crippen LogP contribution in [0.4, 0.5) is 0 Å². The van der Waals surface area contributed by atoms with Gasteiger partial charge in [-0.2, -0.15) is 0 Å². The van der Waals surface area contributed by atoms with Crippen LogP contribution in [0.2, 0.25) is 0 Å². The predicted molar refractivity (Wildman–Crippen MR) is 69.4 cm³/mol. The van der Waals surface area contributed by atoms with E-state index in [1.807, 2.05) is 18.2 Å². The molecule has 0 bridgehead atoms. The van der Waals surface area contributed by atoms with E-state index in [1.165, 1.54) is 0 Å². The van der Waals surface area contributed by atoms with E-state index in [0.717, 1.165) is 5.56 Å². The van der Waals surface area contributed by atoms with Crippen LogP contribution < -0.4 is 0 Å². The Labute approximate surface area is 103 Å². The van der Waals surface area contributed by atoms with Crippen LogP contribution in [0, 0.1) is 0 Å². The first-order valence-corrected chi connectivity index (χ1v) is 7.34. The fraction of sp³-hybridized carbons (Fsp3) is 0.538. The Morgan fingerprint density at radius 2 is 1.76 bits per heavy atom. The summed E-state index contributed by atoms with van der Waals surface area (Å²) in [5, 5.41) is 9.35. The van der Waals surface area contributed by atoms with Crippen molar-refractivity contribution in [2.24, 2.45) is 0 Å². The summed E-state index contributed by atoms with van der Waals surface area (Å²) in [4.78, 5) is 0. The van der Waals surface area contributed by atoms with E-state index in [-0.39, 0.29) is 12.2 Å². The molecule has 0 aromatic heterocycles. The number of hydrogen-bond acceptors (Lipinski definition) is 3. The van der Waals surface area contributed by atoms with Gasteiger partial charge in [0, 0.05) is 0 Å². The summed E-state index contributed by atoms with van der Waals surface area (Å²) < 4.78 is 23.6. The van der Waals surface area contributed by atoms with Gasteiger partial charge in [0.1, 0.15) is 0 Å². The molecular weight excluding hydrogens is 236 g/mol. The lowest BCUT2D eigenvalue weighted by molar-refractivity contribution is 0.172. The molecule has 17 heavy (non-hydrogen) atoms. The highest BCUT2D eigenvalue weighted by Gasteiger charge is 2.35. The Morgan fingerprint density at radius 1 is 1.24 bits per heavy atom. The summed E-state index contributed by atoms with van der Waals surface area (Å²) >= 11 is 0. The monoisotopic (exact) mass is 256 g/mol. The quantitative estimate of drug-likeness (QED) is 0.878. The smallest absolute Gasteiger partial charge is 0.159 e. The van der Waals surface area contributed by atoms with Gasteiger partial charge in [0.15, 0.2) is 9.84 Å². The standard InChI is InChI=1S/C13H20O3S/c1-11(14)9-13(2,3)17(15,16)10-12-7-5-4-6-8-12/h4-8,11,14H,9-10H2,1-3H3/t11-/m0/s1. The highest BCUT2D eigenvalue weighted by molar-refractivity contribution is 7.92. The number of aliphatic hydroxyl groups is 1. The molecule has 0 fully saturated rings. The van der Waals surface area contributed by atoms with Crippen LogP contribution in [0.15, 0.2) is 30.3 Å². The number of sulfone groups is 1. The van der Waals surface area contributed by atoms with Gasteiger partial charge in [-0.3, -0.25) is 0 Å². The second kappa shape index (κ2) is 5.19. The molecule has 96 valence electrons. The molecule has 1 aromatic rings. The fourth-order valence-corrected chi connectivity index (χ4v) is 3.34. The van der Waals surface area contributed by atoms with Gasteiger partial charge in [-0.15, -0.1) is 0 Å². The van der Waals surface area contributed by atoms with Crippen LogP contribution in [-0.2, 0) is 15.6 Å². The Balaban J connectivity index is 2.89. The second-order valence-electron chi connectivity index (χ2n) is 5.06. The third-order valence-corrected chi connectivity index (χ3v) is 5.39. The van der Waals surface area contributed by atoms with Crippen molar-refractivity contribution in [3.63, 3.8) is 0 Å². The van der Waals surface area contributed by atoms with Crippen molar-refractivity contribution >= 4 is 9.84 Å². The molecule has 1 atom stereocenters. The van der Waals surface area contributed by atoms with E-state index in [1.54, 1.807) is 32.9 Å². The van der Waals surface area contributed by atoms with Crippen molar-refractivity contribution in [2.45, 2.75) is 43.8 Å². The van der Waals surface area contributed by atoms with Gasteiger partial charge in [0.2, 0.25) is 0 Å². The van der Waals surface area contributed by atoms with Gasteiger partial charge in [-0.25, -0.2) is 8.42 Å². The maximum Gasteiger partial charge on any atom is 0.159 e. The maximum atomic E-state index is 12.2. The Bertz CT molecular complexity index is 447. The molecule has 0 spiro atoms. The molecular formula is C13H20O3S. The molecule has 0 aliphatic carbocycles. The highest BCUT2D eigenvalue weighted by Crippen LogP contribution is 2.26. The summed E-state index contributed by atoms with van der Waals surface area (Å²) in [7, 11) is -3.27. The third kappa shape index (κ3) is 3.82. The molecule has 0 amide bonds. The number of aliphatic hydroxyl groups excluding tert-OH is 1. The first-order valence-electron chi connectivity index (χ1n) is 5.69. The van der Waals surface area contributed by atoms with Crippen molar-refractivity contribution in [1.82, 2.24) is 0 Å². The van der Waals surface area contributed by atoms with Gasteiger partial charge in [-0.05, 0) is 32.8 Å². The molecule has 0 saturated carbocycles. The molecule has 1 N–H and O–H groups in total. The first kappa shape index (κ1) is 14.2. The van der Waals surface area contributed by atoms with Crippen molar-refractivity contribution < 1.29 is 13.5 Å². The summed E-state index contributed by atoms with van der Waals surface area (Å²) in [6.45, 7) is 4.94. The number of hydrogen-bond donors (Lipinski definition) is 1. The normalized spacial score (nSPS) is 14.6. The summed E-state index contributed by atoms with van der Waals surface area (Å²) in [5.41, 5.74) is 0.783. The van der Waals surface area contributed by atoms with E-state index in [4.69, 9.17) is 0 Å². The van der Waals surface area contributed by atoms with E-state index in [2.05, 4.69) is 0 Å². The molecule has 0 saturated heterocycles. The molecule has 0 aliphatic heterocycles. The number of rotatable bonds is 5. The van der Waals surface area contributed by atoms with E-state index < -0.39 is 20.7 Å². The minimum absolute atomic E-state index is 0.0214. The minimum Gasteiger partial charge on any atom is -0.393 e. The average Bonchev–Trinajstić information content (AvgIpc) is 2.16. The highest BCUT2D eigenvalue weighted by atomic mass is 32.2. The van der Waals surface area contributed by atoms with Gasteiger partial charge in [-0.1, -0.05) is 30.3 Å². The lowest BCUT2D eigenvalue weighted by atomic mass is 10.1. The van der Waals surface area contributed by atoms with E-state index in [9.17, 15) is 13.5 Å². The first-order chi connectivity index (χ1) is 7.74. The molecule has 0 radical (unpaired) electrons. The molecule has 0 aliphatic rings. The van der Waals surface area contributed by atoms with Crippen LogP contribution in [0.25, 0.3) is 0 Å². The zero-order chi connectivity index (χ0) is 13.1. The zero-order valence-corrected chi connectivity index (χ0v) is 11.4. The number of benzene rings is 1. The predicted octanol–water partition coefficient (Wildman–Crippen LogP) is 2.15. The average molecular weight is 256 g/mol. The van der Waals surface area contributed by atoms with Gasteiger partial charge in [0.05, 0.1) is 16.6 Å². The van der Waals surface area contributed by atoms with Gasteiger partial charge < -0.3 is 5.11 Å². The van der Waals surface area contributed by atoms with Crippen molar-refractivity contribution in [1.29, 1.82) is 0 Å². The fourth-order valence-electron chi connectivity index (χ4n) is 1.83. The Morgan fingerprint density at radius 3 is 2.24 bits per heavy atom. The summed E-state index contributed by atoms with van der Waals surface area (Å²) in [6.07, 6.45) is -0.363. The van der Waals surface area contributed by atoms with Crippen molar-refractivity contribution in [2.75, 3.05) is 0 Å². The minimum atomic E-state index is -3.27. The lowest BCUT2D eigenvalue weighted by Crippen LogP contribution is -2.36. The third-order valence-electron chi connectivity index (χ3n) is 2.83. The van der Waals surface area contributed by atoms with Gasteiger partial charge >= 0.3 is 0 Å². The second-order valence-corrected chi connectivity index (χ2v) is 7.68. The summed E-state index contributed by atoms with van der Waals surface area (Å²) in [6, 6.07) is 9.11. The van der Waals surface area contributed by atoms with Crippen LogP contribution in [0.5, 0.6) is 0 Å². The molecule has 0 heterocycles. The largest absolute Gasteiger partial charge is 0.393 e. The Hall–Kier alpha value is -0.870. The molecule has 0 unspecified atom stereocenters. The van der Waals surface area contributed by atoms with E-state index in [0.29, 0.717) is 0 Å². The van der Waals surface area contributed by atoms with Crippen molar-refractivity contribution in [3.8, 4) is 0 Å². The van der Waals surface area contributed by atoms with Crippen LogP contribution in [0.3, 0.4) is 0 Å². The molecule has 1 aromatic carbocycles. The topological polar surface area (TPSA) is 54.4 Å². The maximum absolute atomic E-state index is 12.2. The van der Waals surface area contributed by atoms with Gasteiger partial charge in [0.25, 0.3) is 0 Å². The molecule has 3 nitrogen and oxygen atoms in total. The van der Waals surface area contributed by atoms with Crippen LogP contribution >= 0.6 is 0 Å².